The Morgan fingerprint density at radius 3 is 1.88 bits per heavy atom. The molecule has 0 heterocycles. The lowest BCUT2D eigenvalue weighted by Gasteiger charge is -2.15. The van der Waals surface area contributed by atoms with E-state index < -0.39 is 0 Å². The fourth-order valence-electron chi connectivity index (χ4n) is 1.38. The number of hydrogen-bond acceptors (Lipinski definition) is 1. The van der Waals surface area contributed by atoms with Gasteiger partial charge in [0.15, 0.2) is 0 Å². The summed E-state index contributed by atoms with van der Waals surface area (Å²) in [6, 6.07) is 0.236. The summed E-state index contributed by atoms with van der Waals surface area (Å²) in [4.78, 5) is 4.56. The Hall–Kier alpha value is -1.11. The van der Waals surface area contributed by atoms with Crippen LogP contribution in [0, 0.1) is 0 Å². The lowest BCUT2D eigenvalue weighted by Crippen LogP contribution is -2.08. The van der Waals surface area contributed by atoms with Gasteiger partial charge in [-0.05, 0) is 33.3 Å². The van der Waals surface area contributed by atoms with Crippen molar-refractivity contribution in [3.63, 3.8) is 0 Å². The third-order valence-electron chi connectivity index (χ3n) is 1.97. The largest absolute Gasteiger partial charge is 0.282 e. The van der Waals surface area contributed by atoms with Crippen molar-refractivity contribution in [1.29, 1.82) is 0 Å². The van der Waals surface area contributed by atoms with Crippen LogP contribution in [0.4, 0.5) is 0 Å². The zero-order valence-corrected chi connectivity index (χ0v) is 12.8. The van der Waals surface area contributed by atoms with Crippen molar-refractivity contribution in [2.45, 2.75) is 61.4 Å². The molecule has 1 unspecified atom stereocenters. The molecule has 0 saturated carbocycles. The Labute approximate surface area is 108 Å². The fraction of sp³-hybridized carbons (Fsp3) is 0.562. The van der Waals surface area contributed by atoms with Gasteiger partial charge in [-0.3, -0.25) is 4.99 Å². The van der Waals surface area contributed by atoms with Crippen molar-refractivity contribution in [3.05, 3.63) is 35.5 Å². The maximum atomic E-state index is 4.56. The second kappa shape index (κ2) is 11.4. The Bertz CT molecular complexity index is 295. The van der Waals surface area contributed by atoms with Gasteiger partial charge >= 0.3 is 0 Å². The van der Waals surface area contributed by atoms with Crippen molar-refractivity contribution in [2.75, 3.05) is 0 Å². The first-order valence-corrected chi connectivity index (χ1v) is 6.64. The first-order valence-electron chi connectivity index (χ1n) is 6.64. The highest BCUT2D eigenvalue weighted by atomic mass is 14.8. The Balaban J connectivity index is 0. The standard InChI is InChI=1S/C12H17N.2C2H6/c1-9(2)11-7-5-6-8-12(11)13-10(3)4;2*1-2/h5-8,12H,1-4H3;2*1-2H3. The minimum Gasteiger partial charge on any atom is -0.282 e. The third-order valence-corrected chi connectivity index (χ3v) is 1.97. The molecule has 0 aromatic carbocycles. The van der Waals surface area contributed by atoms with Crippen LogP contribution in [0.25, 0.3) is 0 Å². The summed E-state index contributed by atoms with van der Waals surface area (Å²) >= 11 is 0. The van der Waals surface area contributed by atoms with Crippen LogP contribution in [0.3, 0.4) is 0 Å². The molecule has 1 heteroatoms. The van der Waals surface area contributed by atoms with E-state index in [0.29, 0.717) is 0 Å². The molecule has 0 saturated heterocycles. The van der Waals surface area contributed by atoms with Crippen LogP contribution in [-0.4, -0.2) is 11.8 Å². The maximum Gasteiger partial charge on any atom is 0.0931 e. The number of nitrogens with zero attached hydrogens (tertiary/aromatic N) is 1. The van der Waals surface area contributed by atoms with E-state index >= 15 is 0 Å². The molecule has 0 aliphatic heterocycles. The Morgan fingerprint density at radius 2 is 1.47 bits per heavy atom. The van der Waals surface area contributed by atoms with Crippen LogP contribution in [0.1, 0.15) is 55.4 Å². The predicted molar refractivity (Wildman–Crippen MR) is 81.9 cm³/mol. The average Bonchev–Trinajstić information content (AvgIpc) is 2.34. The molecule has 1 aliphatic carbocycles. The van der Waals surface area contributed by atoms with Gasteiger partial charge in [0.1, 0.15) is 0 Å². The number of rotatable bonds is 1. The molecule has 1 nitrogen and oxygen atoms in total. The average molecular weight is 235 g/mol. The topological polar surface area (TPSA) is 12.4 Å². The van der Waals surface area contributed by atoms with E-state index in [1.54, 1.807) is 0 Å². The number of aliphatic imine (C=N–C) groups is 1. The molecule has 1 rings (SSSR count). The molecule has 0 amide bonds. The molecule has 0 spiro atoms. The van der Waals surface area contributed by atoms with Gasteiger partial charge < -0.3 is 0 Å². The Kier molecular flexibility index (Phi) is 12.2. The van der Waals surface area contributed by atoms with Crippen molar-refractivity contribution in [2.24, 2.45) is 4.99 Å². The van der Waals surface area contributed by atoms with Crippen LogP contribution >= 0.6 is 0 Å². The van der Waals surface area contributed by atoms with E-state index in [-0.39, 0.29) is 6.04 Å². The molecule has 0 aromatic heterocycles. The van der Waals surface area contributed by atoms with Gasteiger partial charge in [-0.2, -0.15) is 0 Å². The Morgan fingerprint density at radius 1 is 0.941 bits per heavy atom. The van der Waals surface area contributed by atoms with E-state index in [0.717, 1.165) is 5.71 Å². The monoisotopic (exact) mass is 235 g/mol. The molecule has 17 heavy (non-hydrogen) atoms. The molecule has 1 aliphatic rings. The first-order chi connectivity index (χ1) is 8.11. The van der Waals surface area contributed by atoms with Gasteiger partial charge in [-0.25, -0.2) is 0 Å². The van der Waals surface area contributed by atoms with Crippen molar-refractivity contribution < 1.29 is 0 Å². The SMILES string of the molecule is CC.CC.CC(C)=NC1C=CC=CC1=C(C)C. The minimum atomic E-state index is 0.236. The second-order valence-electron chi connectivity index (χ2n) is 3.72. The number of hydrogen-bond donors (Lipinski definition) is 0. The highest BCUT2D eigenvalue weighted by molar-refractivity contribution is 5.79. The van der Waals surface area contributed by atoms with E-state index in [2.05, 4.69) is 43.1 Å². The van der Waals surface area contributed by atoms with Crippen molar-refractivity contribution in [1.82, 2.24) is 0 Å². The summed E-state index contributed by atoms with van der Waals surface area (Å²) in [5, 5.41) is 0. The molecule has 1 atom stereocenters. The fourth-order valence-corrected chi connectivity index (χ4v) is 1.38. The van der Waals surface area contributed by atoms with Gasteiger partial charge in [0.25, 0.3) is 0 Å². The maximum absolute atomic E-state index is 4.56. The highest BCUT2D eigenvalue weighted by Gasteiger charge is 2.10. The predicted octanol–water partition coefficient (Wildman–Crippen LogP) is 5.35. The molecule has 0 radical (unpaired) electrons. The summed E-state index contributed by atoms with van der Waals surface area (Å²) in [7, 11) is 0. The lowest BCUT2D eigenvalue weighted by atomic mass is 9.98. The van der Waals surface area contributed by atoms with Crippen LogP contribution in [0.15, 0.2) is 40.4 Å². The summed E-state index contributed by atoms with van der Waals surface area (Å²) < 4.78 is 0. The van der Waals surface area contributed by atoms with Crippen LogP contribution in [-0.2, 0) is 0 Å². The quantitative estimate of drug-likeness (QED) is 0.543. The summed E-state index contributed by atoms with van der Waals surface area (Å²) in [5.41, 5.74) is 3.79. The van der Waals surface area contributed by atoms with Gasteiger partial charge in [0.2, 0.25) is 0 Å². The zero-order chi connectivity index (χ0) is 13.8. The first kappa shape index (κ1) is 18.3. The number of allylic oxidation sites excluding steroid dienone is 3. The van der Waals surface area contributed by atoms with Crippen molar-refractivity contribution in [3.8, 4) is 0 Å². The van der Waals surface area contributed by atoms with Crippen LogP contribution in [0.5, 0.6) is 0 Å². The van der Waals surface area contributed by atoms with Crippen molar-refractivity contribution >= 4 is 5.71 Å². The van der Waals surface area contributed by atoms with Gasteiger partial charge in [-0.15, -0.1) is 0 Å². The summed E-state index contributed by atoms with van der Waals surface area (Å²) in [5.74, 6) is 0. The highest BCUT2D eigenvalue weighted by Crippen LogP contribution is 2.18. The van der Waals surface area contributed by atoms with Gasteiger partial charge in [0, 0.05) is 5.71 Å². The van der Waals surface area contributed by atoms with Crippen LogP contribution < -0.4 is 0 Å². The molecular formula is C16H29N. The van der Waals surface area contributed by atoms with E-state index in [1.807, 2.05) is 41.5 Å². The zero-order valence-electron chi connectivity index (χ0n) is 12.8. The molecular weight excluding hydrogens is 206 g/mol. The summed E-state index contributed by atoms with van der Waals surface area (Å²) in [6.45, 7) is 16.3. The van der Waals surface area contributed by atoms with E-state index in [9.17, 15) is 0 Å². The van der Waals surface area contributed by atoms with E-state index in [1.165, 1.54) is 11.1 Å². The van der Waals surface area contributed by atoms with Gasteiger partial charge in [-0.1, -0.05) is 57.6 Å². The molecule has 0 bridgehead atoms. The lowest BCUT2D eigenvalue weighted by molar-refractivity contribution is 0.946. The summed E-state index contributed by atoms with van der Waals surface area (Å²) in [6.07, 6.45) is 8.41. The minimum absolute atomic E-state index is 0.236. The van der Waals surface area contributed by atoms with Crippen LogP contribution in [0.2, 0.25) is 0 Å². The molecule has 98 valence electrons. The van der Waals surface area contributed by atoms with Gasteiger partial charge in [0.05, 0.1) is 6.04 Å². The molecule has 0 N–H and O–H groups in total. The molecule has 0 aromatic rings. The molecule has 0 fully saturated rings. The smallest absolute Gasteiger partial charge is 0.0931 e. The third kappa shape index (κ3) is 7.73. The normalized spacial score (nSPS) is 16.2. The second-order valence-corrected chi connectivity index (χ2v) is 3.72. The van der Waals surface area contributed by atoms with E-state index in [4.69, 9.17) is 0 Å².